The first-order valence-corrected chi connectivity index (χ1v) is 9.19. The molecule has 0 spiro atoms. The van der Waals surface area contributed by atoms with Crippen molar-refractivity contribution in [1.82, 2.24) is 0 Å². The Kier molecular flexibility index (Phi) is 5.06. The van der Waals surface area contributed by atoms with Gasteiger partial charge in [-0.25, -0.2) is 0 Å². The third-order valence-corrected chi connectivity index (χ3v) is 4.98. The summed E-state index contributed by atoms with van der Waals surface area (Å²) in [4.78, 5) is 0. The summed E-state index contributed by atoms with van der Waals surface area (Å²) in [6, 6.07) is 17.6. The summed E-state index contributed by atoms with van der Waals surface area (Å²) >= 11 is 1.54. The standard InChI is InChI=1S/C18H13.C3H6.Zr/c1-2-7-13(6-1)15-10-5-11-17-16-9-4-3-8-14(16)12-18(15)17;1-3-2;/h1-6,8-12H,7H2;1H,3H2,2H3;/q-1;;. The van der Waals surface area contributed by atoms with E-state index in [1.807, 2.05) is 0 Å². The van der Waals surface area contributed by atoms with Gasteiger partial charge in [0.15, 0.2) is 0 Å². The molecule has 0 aromatic heterocycles. The van der Waals surface area contributed by atoms with Gasteiger partial charge in [0.1, 0.15) is 0 Å². The summed E-state index contributed by atoms with van der Waals surface area (Å²) in [6.45, 7) is 2.15. The van der Waals surface area contributed by atoms with E-state index in [1.54, 1.807) is 24.2 Å². The molecule has 0 bridgehead atoms. The molecular weight excluding hydrogens is 343 g/mol. The van der Waals surface area contributed by atoms with Crippen LogP contribution < -0.4 is 0 Å². The molecule has 1 aliphatic rings. The molecule has 1 aliphatic carbocycles. The van der Waals surface area contributed by atoms with Gasteiger partial charge in [0.05, 0.1) is 0 Å². The van der Waals surface area contributed by atoms with Gasteiger partial charge in [-0.05, 0) is 6.42 Å². The van der Waals surface area contributed by atoms with Gasteiger partial charge in [0.2, 0.25) is 0 Å². The Morgan fingerprint density at radius 2 is 1.86 bits per heavy atom. The van der Waals surface area contributed by atoms with Crippen LogP contribution >= 0.6 is 0 Å². The maximum atomic E-state index is 2.32. The average Bonchev–Trinajstić information content (AvgIpc) is 3.22. The zero-order valence-corrected chi connectivity index (χ0v) is 15.3. The van der Waals surface area contributed by atoms with E-state index in [2.05, 4.69) is 77.4 Å². The zero-order valence-electron chi connectivity index (χ0n) is 12.8. The number of fused-ring (bicyclic) bond motifs is 3. The van der Waals surface area contributed by atoms with Gasteiger partial charge in [0, 0.05) is 0 Å². The van der Waals surface area contributed by atoms with E-state index in [-0.39, 0.29) is 0 Å². The molecule has 0 saturated carbocycles. The van der Waals surface area contributed by atoms with E-state index in [1.165, 1.54) is 39.1 Å². The molecule has 4 rings (SSSR count). The van der Waals surface area contributed by atoms with Crippen LogP contribution in [0.1, 0.15) is 25.3 Å². The second-order valence-corrected chi connectivity index (χ2v) is 6.44. The van der Waals surface area contributed by atoms with Crippen molar-refractivity contribution in [3.8, 4) is 0 Å². The molecule has 1 heteroatoms. The van der Waals surface area contributed by atoms with Gasteiger partial charge >= 0.3 is 41.3 Å². The van der Waals surface area contributed by atoms with Crippen LogP contribution in [0, 0.1) is 0 Å². The second kappa shape index (κ2) is 7.20. The molecular formula is C21H19Zr-. The first-order valence-electron chi connectivity index (χ1n) is 7.77. The van der Waals surface area contributed by atoms with Crippen LogP contribution in [0.25, 0.3) is 27.1 Å². The summed E-state index contributed by atoms with van der Waals surface area (Å²) in [5.41, 5.74) is 2.81. The number of rotatable bonds is 2. The topological polar surface area (TPSA) is 0 Å². The second-order valence-electron chi connectivity index (χ2n) is 5.43. The van der Waals surface area contributed by atoms with Crippen LogP contribution in [-0.4, -0.2) is 3.71 Å². The molecule has 22 heavy (non-hydrogen) atoms. The predicted octanol–water partition coefficient (Wildman–Crippen LogP) is 5.80. The number of allylic oxidation sites excluding steroid dienone is 4. The first kappa shape index (κ1) is 15.4. The normalized spacial score (nSPS) is 13.0. The Morgan fingerprint density at radius 3 is 2.59 bits per heavy atom. The van der Waals surface area contributed by atoms with Crippen LogP contribution in [0.3, 0.4) is 0 Å². The van der Waals surface area contributed by atoms with E-state index in [0.29, 0.717) is 0 Å². The SMILES string of the molecule is C1=CCC(c2cccc3c2[cH-]c2ccccc23)=C1.CC[CH]=[Zr]. The van der Waals surface area contributed by atoms with Crippen molar-refractivity contribution in [3.05, 3.63) is 72.3 Å². The minimum absolute atomic E-state index is 1.06. The molecule has 0 aliphatic heterocycles. The summed E-state index contributed by atoms with van der Waals surface area (Å²) in [5, 5.41) is 5.46. The van der Waals surface area contributed by atoms with E-state index < -0.39 is 0 Å². The molecule has 0 unspecified atom stereocenters. The molecule has 0 heterocycles. The van der Waals surface area contributed by atoms with Crippen LogP contribution in [0.15, 0.2) is 66.8 Å². The van der Waals surface area contributed by atoms with Crippen molar-refractivity contribution in [1.29, 1.82) is 0 Å². The third-order valence-electron chi connectivity index (χ3n) is 3.98. The van der Waals surface area contributed by atoms with Gasteiger partial charge in [-0.15, -0.1) is 33.7 Å². The van der Waals surface area contributed by atoms with Crippen LogP contribution in [0.2, 0.25) is 0 Å². The fourth-order valence-corrected chi connectivity index (χ4v) is 2.91. The molecule has 0 N–H and O–H groups in total. The molecule has 0 radical (unpaired) electrons. The van der Waals surface area contributed by atoms with Gasteiger partial charge in [0.25, 0.3) is 0 Å². The van der Waals surface area contributed by atoms with Gasteiger partial charge in [-0.1, -0.05) is 65.8 Å². The fraction of sp³-hybridized carbons (Fsp3) is 0.143. The molecule has 0 fully saturated rings. The number of hydrogen-bond donors (Lipinski definition) is 0. The van der Waals surface area contributed by atoms with Gasteiger partial charge in [-0.2, -0.15) is 0 Å². The molecule has 0 atom stereocenters. The molecule has 108 valence electrons. The molecule has 0 saturated heterocycles. The van der Waals surface area contributed by atoms with Crippen molar-refractivity contribution in [3.63, 3.8) is 0 Å². The Hall–Kier alpha value is -1.46. The summed E-state index contributed by atoms with van der Waals surface area (Å²) in [6.07, 6.45) is 8.89. The minimum atomic E-state index is 1.06. The van der Waals surface area contributed by atoms with Crippen molar-refractivity contribution in [2.75, 3.05) is 0 Å². The maximum absolute atomic E-state index is 2.32. The monoisotopic (exact) mass is 361 g/mol. The first-order chi connectivity index (χ1) is 10.8. The Labute approximate surface area is 146 Å². The Bertz CT molecular complexity index is 862. The molecule has 3 aromatic carbocycles. The Morgan fingerprint density at radius 1 is 1.09 bits per heavy atom. The van der Waals surface area contributed by atoms with Gasteiger partial charge in [-0.3, -0.25) is 0 Å². The predicted molar refractivity (Wildman–Crippen MR) is 95.1 cm³/mol. The van der Waals surface area contributed by atoms with E-state index >= 15 is 0 Å². The quantitative estimate of drug-likeness (QED) is 0.505. The zero-order chi connectivity index (χ0) is 15.4. The van der Waals surface area contributed by atoms with Crippen LogP contribution in [-0.2, 0) is 24.2 Å². The van der Waals surface area contributed by atoms with Crippen molar-refractivity contribution >= 4 is 30.8 Å². The summed E-state index contributed by atoms with van der Waals surface area (Å²) in [7, 11) is 0. The number of hydrogen-bond acceptors (Lipinski definition) is 0. The molecule has 0 nitrogen and oxygen atoms in total. The summed E-state index contributed by atoms with van der Waals surface area (Å²) in [5.74, 6) is 0. The third kappa shape index (κ3) is 3.01. The van der Waals surface area contributed by atoms with Crippen LogP contribution in [0.4, 0.5) is 0 Å². The van der Waals surface area contributed by atoms with E-state index in [9.17, 15) is 0 Å². The van der Waals surface area contributed by atoms with Crippen molar-refractivity contribution in [2.45, 2.75) is 19.8 Å². The van der Waals surface area contributed by atoms with Crippen molar-refractivity contribution < 1.29 is 24.2 Å². The van der Waals surface area contributed by atoms with E-state index in [0.717, 1.165) is 6.42 Å². The number of benzene rings is 2. The fourth-order valence-electron chi connectivity index (χ4n) is 2.91. The molecule has 0 amide bonds. The average molecular weight is 363 g/mol. The molecule has 3 aromatic rings. The Balaban J connectivity index is 0.000000325. The van der Waals surface area contributed by atoms with Gasteiger partial charge < -0.3 is 0 Å². The van der Waals surface area contributed by atoms with Crippen LogP contribution in [0.5, 0.6) is 0 Å². The van der Waals surface area contributed by atoms with E-state index in [4.69, 9.17) is 0 Å². The summed E-state index contributed by atoms with van der Waals surface area (Å²) < 4.78 is 2.22. The van der Waals surface area contributed by atoms with Crippen molar-refractivity contribution in [2.24, 2.45) is 0 Å².